The van der Waals surface area contributed by atoms with Crippen molar-refractivity contribution >= 4 is 0 Å². The Morgan fingerprint density at radius 2 is 2.08 bits per heavy atom. The number of ether oxygens (including phenoxy) is 2. The Balaban J connectivity index is 1.94. The van der Waals surface area contributed by atoms with Crippen molar-refractivity contribution in [2.75, 3.05) is 13.2 Å². The molecule has 2 heterocycles. The van der Waals surface area contributed by atoms with Gasteiger partial charge in [-0.1, -0.05) is 0 Å². The fourth-order valence-electron chi connectivity index (χ4n) is 1.09. The monoisotopic (exact) mass is 170 g/mol. The van der Waals surface area contributed by atoms with Crippen LogP contribution in [0.4, 0.5) is 0 Å². The Morgan fingerprint density at radius 3 is 2.67 bits per heavy atom. The fraction of sp³-hybridized carbons (Fsp3) is 0.714. The molecule has 1 aromatic rings. The van der Waals surface area contributed by atoms with E-state index in [1.807, 2.05) is 0 Å². The van der Waals surface area contributed by atoms with Crippen molar-refractivity contribution in [2.24, 2.45) is 0 Å². The first-order valence-electron chi connectivity index (χ1n) is 3.87. The summed E-state index contributed by atoms with van der Waals surface area (Å²) in [6.45, 7) is 3.06. The number of aromatic nitrogens is 2. The zero-order chi connectivity index (χ0) is 8.39. The van der Waals surface area contributed by atoms with Gasteiger partial charge in [0.05, 0.1) is 19.6 Å². The standard InChI is InChI=1S/C7H10N2O3/c1-5-8-9-6(12-5)4-7-10-2-3-11-7/h7H,2-4H2,1H3. The van der Waals surface area contributed by atoms with Gasteiger partial charge in [0.2, 0.25) is 11.8 Å². The normalized spacial score (nSPS) is 18.8. The Labute approximate surface area is 69.7 Å². The lowest BCUT2D eigenvalue weighted by Gasteiger charge is -2.03. The first-order valence-corrected chi connectivity index (χ1v) is 3.87. The lowest BCUT2D eigenvalue weighted by atomic mass is 10.4. The molecular weight excluding hydrogens is 160 g/mol. The predicted molar refractivity (Wildman–Crippen MR) is 38.4 cm³/mol. The molecule has 12 heavy (non-hydrogen) atoms. The molecule has 1 fully saturated rings. The lowest BCUT2D eigenvalue weighted by Crippen LogP contribution is -2.11. The molecule has 0 aromatic carbocycles. The van der Waals surface area contributed by atoms with Crippen molar-refractivity contribution in [3.8, 4) is 0 Å². The molecule has 1 aromatic heterocycles. The molecule has 5 nitrogen and oxygen atoms in total. The van der Waals surface area contributed by atoms with Gasteiger partial charge in [0.1, 0.15) is 0 Å². The van der Waals surface area contributed by atoms with Gasteiger partial charge < -0.3 is 13.9 Å². The molecule has 5 heteroatoms. The van der Waals surface area contributed by atoms with Crippen LogP contribution in [0.25, 0.3) is 0 Å². The van der Waals surface area contributed by atoms with Gasteiger partial charge in [-0.2, -0.15) is 0 Å². The van der Waals surface area contributed by atoms with Crippen molar-refractivity contribution in [2.45, 2.75) is 19.6 Å². The van der Waals surface area contributed by atoms with E-state index >= 15 is 0 Å². The Hall–Kier alpha value is -0.940. The van der Waals surface area contributed by atoms with Crippen molar-refractivity contribution in [3.05, 3.63) is 11.8 Å². The minimum Gasteiger partial charge on any atom is -0.425 e. The second-order valence-corrected chi connectivity index (χ2v) is 2.59. The molecule has 1 aliphatic heterocycles. The van der Waals surface area contributed by atoms with Gasteiger partial charge in [0, 0.05) is 6.92 Å². The number of nitrogens with zero attached hydrogens (tertiary/aromatic N) is 2. The Morgan fingerprint density at radius 1 is 1.33 bits per heavy atom. The van der Waals surface area contributed by atoms with E-state index in [0.717, 1.165) is 0 Å². The summed E-state index contributed by atoms with van der Waals surface area (Å²) >= 11 is 0. The highest BCUT2D eigenvalue weighted by atomic mass is 16.7. The van der Waals surface area contributed by atoms with Crippen LogP contribution in [0.2, 0.25) is 0 Å². The van der Waals surface area contributed by atoms with E-state index in [-0.39, 0.29) is 6.29 Å². The maximum atomic E-state index is 5.22. The first-order chi connectivity index (χ1) is 5.84. The van der Waals surface area contributed by atoms with Crippen LogP contribution < -0.4 is 0 Å². The molecule has 66 valence electrons. The van der Waals surface area contributed by atoms with E-state index in [1.54, 1.807) is 6.92 Å². The van der Waals surface area contributed by atoms with E-state index in [9.17, 15) is 0 Å². The molecule has 1 saturated heterocycles. The summed E-state index contributed by atoms with van der Waals surface area (Å²) < 4.78 is 15.6. The van der Waals surface area contributed by atoms with E-state index < -0.39 is 0 Å². The quantitative estimate of drug-likeness (QED) is 0.638. The largest absolute Gasteiger partial charge is 0.425 e. The minimum absolute atomic E-state index is 0.204. The highest BCUT2D eigenvalue weighted by Gasteiger charge is 2.19. The van der Waals surface area contributed by atoms with Gasteiger partial charge >= 0.3 is 0 Å². The van der Waals surface area contributed by atoms with Gasteiger partial charge in [-0.15, -0.1) is 10.2 Å². The number of rotatable bonds is 2. The predicted octanol–water partition coefficient (Wildman–Crippen LogP) is 0.293. The van der Waals surface area contributed by atoms with Crippen molar-refractivity contribution in [1.82, 2.24) is 10.2 Å². The average Bonchev–Trinajstić information content (AvgIpc) is 2.63. The van der Waals surface area contributed by atoms with Gasteiger partial charge in [0.25, 0.3) is 0 Å². The SMILES string of the molecule is Cc1nnc(CC2OCCO2)o1. The smallest absolute Gasteiger partial charge is 0.221 e. The van der Waals surface area contributed by atoms with E-state index in [1.165, 1.54) is 0 Å². The Kier molecular flexibility index (Phi) is 2.05. The Bertz CT molecular complexity index is 255. The zero-order valence-corrected chi connectivity index (χ0v) is 6.82. The lowest BCUT2D eigenvalue weighted by molar-refractivity contribution is -0.0439. The summed E-state index contributed by atoms with van der Waals surface area (Å²) in [5.41, 5.74) is 0. The highest BCUT2D eigenvalue weighted by molar-refractivity contribution is 4.80. The topological polar surface area (TPSA) is 57.4 Å². The van der Waals surface area contributed by atoms with Crippen molar-refractivity contribution < 1.29 is 13.9 Å². The first kappa shape index (κ1) is 7.70. The zero-order valence-electron chi connectivity index (χ0n) is 6.82. The van der Waals surface area contributed by atoms with Crippen LogP contribution in [0, 0.1) is 6.92 Å². The average molecular weight is 170 g/mol. The number of hydrogen-bond donors (Lipinski definition) is 0. The highest BCUT2D eigenvalue weighted by Crippen LogP contribution is 2.10. The summed E-state index contributed by atoms with van der Waals surface area (Å²) in [4.78, 5) is 0. The van der Waals surface area contributed by atoms with E-state index in [0.29, 0.717) is 31.4 Å². The van der Waals surface area contributed by atoms with Crippen LogP contribution >= 0.6 is 0 Å². The molecule has 0 radical (unpaired) electrons. The molecule has 0 aliphatic carbocycles. The summed E-state index contributed by atoms with van der Waals surface area (Å²) in [5.74, 6) is 1.14. The summed E-state index contributed by atoms with van der Waals surface area (Å²) in [5, 5.41) is 7.53. The number of aryl methyl sites for hydroxylation is 1. The van der Waals surface area contributed by atoms with Crippen LogP contribution in [0.3, 0.4) is 0 Å². The molecule has 2 rings (SSSR count). The number of hydrogen-bond acceptors (Lipinski definition) is 5. The molecule has 0 N–H and O–H groups in total. The van der Waals surface area contributed by atoms with Gasteiger partial charge in [-0.05, 0) is 0 Å². The molecule has 0 saturated carbocycles. The third-order valence-corrected chi connectivity index (χ3v) is 1.60. The second kappa shape index (κ2) is 3.20. The van der Waals surface area contributed by atoms with Crippen molar-refractivity contribution in [1.29, 1.82) is 0 Å². The maximum Gasteiger partial charge on any atom is 0.221 e. The summed E-state index contributed by atoms with van der Waals surface area (Å²) in [6, 6.07) is 0. The third kappa shape index (κ3) is 1.62. The molecule has 0 spiro atoms. The molecule has 0 unspecified atom stereocenters. The van der Waals surface area contributed by atoms with E-state index in [2.05, 4.69) is 10.2 Å². The van der Waals surface area contributed by atoms with Gasteiger partial charge in [-0.25, -0.2) is 0 Å². The van der Waals surface area contributed by atoms with Crippen LogP contribution in [0.1, 0.15) is 11.8 Å². The molecular formula is C7H10N2O3. The summed E-state index contributed by atoms with van der Waals surface area (Å²) in [6.07, 6.45) is 0.339. The minimum atomic E-state index is -0.204. The molecule has 0 amide bonds. The molecule has 1 aliphatic rings. The molecule has 0 atom stereocenters. The van der Waals surface area contributed by atoms with Crippen LogP contribution in [-0.2, 0) is 15.9 Å². The van der Waals surface area contributed by atoms with Crippen LogP contribution in [0.5, 0.6) is 0 Å². The van der Waals surface area contributed by atoms with Gasteiger partial charge in [-0.3, -0.25) is 0 Å². The fourth-order valence-corrected chi connectivity index (χ4v) is 1.09. The third-order valence-electron chi connectivity index (χ3n) is 1.60. The molecule has 0 bridgehead atoms. The van der Waals surface area contributed by atoms with Crippen LogP contribution in [0.15, 0.2) is 4.42 Å². The summed E-state index contributed by atoms with van der Waals surface area (Å²) in [7, 11) is 0. The van der Waals surface area contributed by atoms with Crippen LogP contribution in [-0.4, -0.2) is 29.7 Å². The van der Waals surface area contributed by atoms with E-state index in [4.69, 9.17) is 13.9 Å². The second-order valence-electron chi connectivity index (χ2n) is 2.59. The van der Waals surface area contributed by atoms with Crippen molar-refractivity contribution in [3.63, 3.8) is 0 Å². The maximum absolute atomic E-state index is 5.22. The van der Waals surface area contributed by atoms with Gasteiger partial charge in [0.15, 0.2) is 6.29 Å².